The molecule has 1 fully saturated rings. The van der Waals surface area contributed by atoms with Crippen molar-refractivity contribution in [3.63, 3.8) is 0 Å². The average Bonchev–Trinajstić information content (AvgIpc) is 2.66. The fraction of sp³-hybridized carbons (Fsp3) is 0.600. The third-order valence-corrected chi connectivity index (χ3v) is 2.48. The zero-order valence-electron chi connectivity index (χ0n) is 9.44. The van der Waals surface area contributed by atoms with Gasteiger partial charge in [0.2, 0.25) is 0 Å². The molecule has 0 aromatic carbocycles. The summed E-state index contributed by atoms with van der Waals surface area (Å²) in [4.78, 5) is 22.7. The Balaban J connectivity index is 2.80. The molecule has 1 rings (SSSR count). The maximum atomic E-state index is 11.2. The van der Waals surface area contributed by atoms with Gasteiger partial charge in [-0.05, 0) is 6.92 Å². The molecule has 0 spiro atoms. The molecule has 7 heteroatoms. The average molecular weight is 244 g/mol. The number of hydrogen-bond donors (Lipinski definition) is 3. The van der Waals surface area contributed by atoms with Crippen molar-refractivity contribution >= 4 is 12.3 Å². The van der Waals surface area contributed by atoms with Crippen molar-refractivity contribution in [1.82, 2.24) is 4.90 Å². The first-order chi connectivity index (χ1) is 7.99. The zero-order valence-corrected chi connectivity index (χ0v) is 9.44. The van der Waals surface area contributed by atoms with E-state index in [0.29, 0.717) is 11.9 Å². The first-order valence-corrected chi connectivity index (χ1v) is 5.15. The summed E-state index contributed by atoms with van der Waals surface area (Å²) >= 11 is 0. The van der Waals surface area contributed by atoms with Crippen LogP contribution in [0.2, 0.25) is 0 Å². The molecule has 3 unspecified atom stereocenters. The van der Waals surface area contributed by atoms with Gasteiger partial charge >= 0.3 is 6.03 Å². The van der Waals surface area contributed by atoms with E-state index in [4.69, 9.17) is 15.6 Å². The van der Waals surface area contributed by atoms with Crippen molar-refractivity contribution in [1.29, 1.82) is 0 Å². The number of aliphatic hydroxyl groups excluding tert-OH is 2. The summed E-state index contributed by atoms with van der Waals surface area (Å²) in [5, 5.41) is 18.4. The number of nitrogens with zero attached hydrogens (tertiary/aromatic N) is 1. The van der Waals surface area contributed by atoms with Crippen molar-refractivity contribution in [2.75, 3.05) is 6.61 Å². The first-order valence-electron chi connectivity index (χ1n) is 5.15. The van der Waals surface area contributed by atoms with E-state index in [1.54, 1.807) is 0 Å². The highest BCUT2D eigenvalue weighted by Crippen LogP contribution is 2.23. The van der Waals surface area contributed by atoms with Gasteiger partial charge in [-0.15, -0.1) is 0 Å². The number of carbonyl (C=O) groups is 2. The summed E-state index contributed by atoms with van der Waals surface area (Å²) in [6.07, 6.45) is -0.410. The monoisotopic (exact) mass is 244 g/mol. The van der Waals surface area contributed by atoms with Crippen molar-refractivity contribution < 1.29 is 24.5 Å². The van der Waals surface area contributed by atoms with Crippen molar-refractivity contribution in [3.05, 3.63) is 11.8 Å². The molecule has 0 saturated carbocycles. The molecule has 4 N–H and O–H groups in total. The predicted molar refractivity (Wildman–Crippen MR) is 57.6 cm³/mol. The molecule has 0 bridgehead atoms. The van der Waals surface area contributed by atoms with E-state index in [1.165, 1.54) is 13.1 Å². The Morgan fingerprint density at radius 2 is 2.29 bits per heavy atom. The molecule has 1 aliphatic rings. The molecule has 1 saturated heterocycles. The number of nitrogens with two attached hydrogens (primary N) is 1. The lowest BCUT2D eigenvalue weighted by atomic mass is 10.2. The van der Waals surface area contributed by atoms with Crippen LogP contribution >= 0.6 is 0 Å². The second-order valence-electron chi connectivity index (χ2n) is 3.85. The third-order valence-electron chi connectivity index (χ3n) is 2.48. The molecule has 0 aliphatic carbocycles. The largest absolute Gasteiger partial charge is 0.394 e. The number of aliphatic hydroxyl groups is 2. The van der Waals surface area contributed by atoms with Crippen LogP contribution in [0.4, 0.5) is 4.79 Å². The third kappa shape index (κ3) is 3.26. The minimum absolute atomic E-state index is 0.136. The van der Waals surface area contributed by atoms with E-state index >= 15 is 0 Å². The second-order valence-corrected chi connectivity index (χ2v) is 3.85. The number of urea groups is 1. The number of ether oxygens (including phenoxy) is 1. The zero-order chi connectivity index (χ0) is 13.0. The van der Waals surface area contributed by atoms with Crippen LogP contribution in [0.1, 0.15) is 13.3 Å². The Bertz CT molecular complexity index is 331. The number of rotatable bonds is 4. The quantitative estimate of drug-likeness (QED) is 0.431. The van der Waals surface area contributed by atoms with Gasteiger partial charge in [0.05, 0.1) is 12.7 Å². The highest BCUT2D eigenvalue weighted by molar-refractivity contribution is 5.77. The maximum absolute atomic E-state index is 11.2. The van der Waals surface area contributed by atoms with Gasteiger partial charge in [0.15, 0.2) is 0 Å². The molecule has 96 valence electrons. The highest BCUT2D eigenvalue weighted by atomic mass is 16.5. The first kappa shape index (κ1) is 13.6. The molecule has 1 heterocycles. The number of hydrogen-bond acceptors (Lipinski definition) is 5. The van der Waals surface area contributed by atoms with Gasteiger partial charge in [0.25, 0.3) is 0 Å². The summed E-state index contributed by atoms with van der Waals surface area (Å²) in [5.41, 5.74) is 5.45. The second kappa shape index (κ2) is 5.76. The summed E-state index contributed by atoms with van der Waals surface area (Å²) in [6.45, 7) is 1.17. The van der Waals surface area contributed by atoms with Crippen LogP contribution < -0.4 is 5.73 Å². The fourth-order valence-electron chi connectivity index (χ4n) is 1.59. The van der Waals surface area contributed by atoms with Crippen LogP contribution in [0.3, 0.4) is 0 Å². The van der Waals surface area contributed by atoms with E-state index in [0.717, 1.165) is 4.90 Å². The number of aldehydes is 1. The van der Waals surface area contributed by atoms with E-state index in [1.807, 2.05) is 0 Å². The molecule has 0 radical (unpaired) electrons. The maximum Gasteiger partial charge on any atom is 0.320 e. The Morgan fingerprint density at radius 3 is 2.71 bits per heavy atom. The van der Waals surface area contributed by atoms with Crippen LogP contribution in [-0.2, 0) is 9.53 Å². The molecule has 3 atom stereocenters. The summed E-state index contributed by atoms with van der Waals surface area (Å²) in [5.74, 6) is 0. The van der Waals surface area contributed by atoms with E-state index in [-0.39, 0.29) is 13.0 Å². The minimum Gasteiger partial charge on any atom is -0.394 e. The van der Waals surface area contributed by atoms with Gasteiger partial charge in [0.1, 0.15) is 18.6 Å². The van der Waals surface area contributed by atoms with Gasteiger partial charge in [-0.1, -0.05) is 0 Å². The molecule has 0 aromatic heterocycles. The molecule has 2 amide bonds. The minimum atomic E-state index is -0.864. The van der Waals surface area contributed by atoms with Crippen molar-refractivity contribution in [3.8, 4) is 0 Å². The standard InChI is InChI=1S/C10H16N2O5/c1-6(4-13)3-12(10(11)16)9-2-7(15)8(5-14)17-9/h3-4,7-9,14-15H,2,5H2,1H3,(H2,11,16)/b6-3-. The van der Waals surface area contributed by atoms with Crippen LogP contribution in [0.15, 0.2) is 11.8 Å². The van der Waals surface area contributed by atoms with Crippen LogP contribution in [-0.4, -0.2) is 52.5 Å². The summed E-state index contributed by atoms with van der Waals surface area (Å²) < 4.78 is 5.26. The van der Waals surface area contributed by atoms with Crippen molar-refractivity contribution in [2.24, 2.45) is 5.73 Å². The molecule has 17 heavy (non-hydrogen) atoms. The Kier molecular flexibility index (Phi) is 4.62. The van der Waals surface area contributed by atoms with Crippen molar-refractivity contribution in [2.45, 2.75) is 31.8 Å². The smallest absolute Gasteiger partial charge is 0.320 e. The van der Waals surface area contributed by atoms with Gasteiger partial charge < -0.3 is 20.7 Å². The SMILES string of the molecule is C/C(C=O)=C/N(C(N)=O)C1CC(O)C(CO)O1. The number of primary amides is 1. The molecular formula is C10H16N2O5. The molecule has 1 aliphatic heterocycles. The number of amides is 2. The van der Waals surface area contributed by atoms with Gasteiger partial charge in [0, 0.05) is 18.2 Å². The Labute approximate surface area is 98.5 Å². The van der Waals surface area contributed by atoms with Crippen LogP contribution in [0.5, 0.6) is 0 Å². The number of carbonyl (C=O) groups excluding carboxylic acids is 2. The van der Waals surface area contributed by atoms with Gasteiger partial charge in [-0.25, -0.2) is 4.79 Å². The Hall–Kier alpha value is -1.44. The Morgan fingerprint density at radius 1 is 1.65 bits per heavy atom. The molecule has 0 aromatic rings. The van der Waals surface area contributed by atoms with E-state index in [9.17, 15) is 14.7 Å². The van der Waals surface area contributed by atoms with Gasteiger partial charge in [-0.2, -0.15) is 0 Å². The van der Waals surface area contributed by atoms with Crippen LogP contribution in [0, 0.1) is 0 Å². The lowest BCUT2D eigenvalue weighted by molar-refractivity contribution is -0.105. The predicted octanol–water partition coefficient (Wildman–Crippen LogP) is -1.06. The lowest BCUT2D eigenvalue weighted by Gasteiger charge is -2.23. The highest BCUT2D eigenvalue weighted by Gasteiger charge is 2.37. The number of allylic oxidation sites excluding steroid dienone is 1. The van der Waals surface area contributed by atoms with E-state index in [2.05, 4.69) is 0 Å². The topological polar surface area (TPSA) is 113 Å². The van der Waals surface area contributed by atoms with E-state index < -0.39 is 24.5 Å². The molecule has 7 nitrogen and oxygen atoms in total. The molecular weight excluding hydrogens is 228 g/mol. The fourth-order valence-corrected chi connectivity index (χ4v) is 1.59. The summed E-state index contributed by atoms with van der Waals surface area (Å²) in [7, 11) is 0. The normalized spacial score (nSPS) is 29.1. The van der Waals surface area contributed by atoms with Gasteiger partial charge in [-0.3, -0.25) is 9.69 Å². The van der Waals surface area contributed by atoms with Crippen LogP contribution in [0.25, 0.3) is 0 Å². The lowest BCUT2D eigenvalue weighted by Crippen LogP contribution is -2.40. The summed E-state index contributed by atoms with van der Waals surface area (Å²) in [6, 6.07) is -0.790.